The van der Waals surface area contributed by atoms with Gasteiger partial charge in [0, 0.05) is 0 Å². The first kappa shape index (κ1) is 6.00. The van der Waals surface area contributed by atoms with Crippen LogP contribution in [0, 0.1) is 0 Å². The van der Waals surface area contributed by atoms with E-state index in [9.17, 15) is 7.84 Å². The van der Waals surface area contributed by atoms with Crippen molar-refractivity contribution < 1.29 is 67.4 Å². The van der Waals surface area contributed by atoms with Crippen molar-refractivity contribution in [3.8, 4) is 0 Å². The second-order valence-corrected chi connectivity index (χ2v) is 2.32. The Morgan fingerprint density at radius 3 is 2.17 bits per heavy atom. The Hall–Kier alpha value is 1.87. The van der Waals surface area contributed by atoms with E-state index in [1.54, 1.807) is 0 Å². The molecule has 0 saturated carbocycles. The van der Waals surface area contributed by atoms with Crippen LogP contribution < -0.4 is 55.5 Å². The molecule has 0 amide bonds. The Balaban J connectivity index is 0. The fraction of sp³-hybridized carbons (Fsp3) is 0. The van der Waals surface area contributed by atoms with E-state index in [-0.39, 0.29) is 51.4 Å². The molecule has 6 heteroatoms. The molecular weight excluding hydrogens is 178 g/mol. The molecule has 0 radical (unpaired) electrons. The average molecular weight is 182 g/mol. The Bertz CT molecular complexity index is 86.0. The summed E-state index contributed by atoms with van der Waals surface area (Å²) in [5.74, 6) is 0. The minimum absolute atomic E-state index is 0. The van der Waals surface area contributed by atoms with Crippen molar-refractivity contribution in [1.82, 2.24) is 0 Å². The summed E-state index contributed by atoms with van der Waals surface area (Å²) in [4.78, 5) is 0. The number of hydrogen-bond donors (Lipinski definition) is 2. The van der Waals surface area contributed by atoms with Crippen LogP contribution in [0.2, 0.25) is 0 Å². The topological polar surface area (TPSA) is 80.6 Å². The van der Waals surface area contributed by atoms with E-state index in [4.69, 9.17) is 2.86 Å². The second-order valence-electron chi connectivity index (χ2n) is 0.447. The SMILES string of the molecule is [2H]O[As](=O)([O-])O[2H].[K+]. The number of rotatable bonds is 2. The van der Waals surface area contributed by atoms with E-state index in [0.717, 1.165) is 0 Å². The normalized spacial score (nSPS) is 14.2. The van der Waals surface area contributed by atoms with Crippen LogP contribution in [-0.2, 0) is 3.74 Å². The molecule has 0 aromatic rings. The van der Waals surface area contributed by atoms with Crippen molar-refractivity contribution in [1.29, 1.82) is 2.86 Å². The van der Waals surface area contributed by atoms with Gasteiger partial charge < -0.3 is 0 Å². The molecule has 4 nitrogen and oxygen atoms in total. The van der Waals surface area contributed by atoms with Crippen LogP contribution in [0.5, 0.6) is 0 Å². The predicted molar refractivity (Wildman–Crippen MR) is 10.9 cm³/mol. The predicted octanol–water partition coefficient (Wildman–Crippen LogP) is -5.80. The molecule has 6 heavy (non-hydrogen) atoms. The van der Waals surface area contributed by atoms with Gasteiger partial charge in [0.05, 0.1) is 0 Å². The minimum Gasteiger partial charge on any atom is 1.00 e. The number of hydrogen-bond acceptors (Lipinski definition) is 4. The standard InChI is InChI=1S/AsH3O4.K/c2-1(3,4)5;/h(H3,2,3,4,5);/q;+1/p-1/i/hD2. The zero-order chi connectivity index (χ0) is 5.91. The molecule has 0 spiro atoms. The molecule has 0 unspecified atom stereocenters. The third-order valence-corrected chi connectivity index (χ3v) is 0. The molecule has 0 fully saturated rings. The van der Waals surface area contributed by atoms with E-state index in [0.29, 0.717) is 0 Å². The Labute approximate surface area is 83.3 Å². The van der Waals surface area contributed by atoms with E-state index in [2.05, 4.69) is 8.20 Å². The van der Waals surface area contributed by atoms with E-state index >= 15 is 0 Å². The van der Waals surface area contributed by atoms with Crippen LogP contribution in [0.4, 0.5) is 0 Å². The first-order valence-electron chi connectivity index (χ1n) is 1.55. The van der Waals surface area contributed by atoms with Crippen LogP contribution >= 0.6 is 0 Å². The molecule has 0 aromatic heterocycles. The third-order valence-electron chi connectivity index (χ3n) is 0. The van der Waals surface area contributed by atoms with E-state index < -0.39 is 14.5 Å². The second kappa shape index (κ2) is 3.83. The molecule has 0 bridgehead atoms. The van der Waals surface area contributed by atoms with Gasteiger partial charge in [-0.25, -0.2) is 0 Å². The van der Waals surface area contributed by atoms with Gasteiger partial charge in [-0.15, -0.1) is 0 Å². The first-order chi connectivity index (χ1) is 3.12. The van der Waals surface area contributed by atoms with Gasteiger partial charge in [0.2, 0.25) is 0 Å². The Kier molecular flexibility index (Phi) is 3.83. The molecule has 0 aliphatic rings. The molecule has 32 valence electrons. The van der Waals surface area contributed by atoms with E-state index in [1.807, 2.05) is 0 Å². The molecular formula is H2AsKO4. The van der Waals surface area contributed by atoms with Crippen molar-refractivity contribution in [2.75, 3.05) is 0 Å². The summed E-state index contributed by atoms with van der Waals surface area (Å²) in [6.45, 7) is 0. The Morgan fingerprint density at radius 2 is 2.17 bits per heavy atom. The maximum absolute atomic E-state index is 9.64. The largest absolute Gasteiger partial charge is 1.00 e. The van der Waals surface area contributed by atoms with Crippen molar-refractivity contribution in [3.63, 3.8) is 0 Å². The molecule has 0 aliphatic carbocycles. The van der Waals surface area contributed by atoms with Crippen LogP contribution in [0.15, 0.2) is 0 Å². The van der Waals surface area contributed by atoms with Gasteiger partial charge in [0.25, 0.3) is 0 Å². The fourth-order valence-electron chi connectivity index (χ4n) is 0. The van der Waals surface area contributed by atoms with Crippen LogP contribution in [0.25, 0.3) is 0 Å². The summed E-state index contributed by atoms with van der Waals surface area (Å²) in [6, 6.07) is 0. The molecule has 0 heterocycles. The van der Waals surface area contributed by atoms with Crippen LogP contribution in [0.3, 0.4) is 0 Å². The minimum atomic E-state index is -5.11. The van der Waals surface area contributed by atoms with Gasteiger partial charge >= 0.3 is 84.8 Å². The van der Waals surface area contributed by atoms with Crippen LogP contribution in [0.1, 0.15) is 0 Å². The summed E-state index contributed by atoms with van der Waals surface area (Å²) in [5.41, 5.74) is 0. The zero-order valence-corrected chi connectivity index (χ0v) is 8.08. The van der Waals surface area contributed by atoms with Crippen molar-refractivity contribution in [3.05, 3.63) is 0 Å². The van der Waals surface area contributed by atoms with E-state index in [1.165, 1.54) is 0 Å². The summed E-state index contributed by atoms with van der Waals surface area (Å²) in [7, 11) is 0. The molecule has 2 N–H and O–H groups in total. The Morgan fingerprint density at radius 1 is 1.83 bits per heavy atom. The quantitative estimate of drug-likeness (QED) is 0.417. The third kappa shape index (κ3) is 39.7. The van der Waals surface area contributed by atoms with Crippen LogP contribution in [-0.4, -0.2) is 25.6 Å². The van der Waals surface area contributed by atoms with Crippen molar-refractivity contribution in [2.24, 2.45) is 0 Å². The zero-order valence-electron chi connectivity index (χ0n) is 5.08. The van der Waals surface area contributed by atoms with Gasteiger partial charge in [-0.05, 0) is 0 Å². The maximum atomic E-state index is 9.64. The maximum Gasteiger partial charge on any atom is 1.00 e. The first-order valence-corrected chi connectivity index (χ1v) is 3.79. The molecule has 0 atom stereocenters. The molecule has 0 aliphatic heterocycles. The van der Waals surface area contributed by atoms with Gasteiger partial charge in [-0.1, -0.05) is 0 Å². The monoisotopic (exact) mass is 182 g/mol. The summed E-state index contributed by atoms with van der Waals surface area (Å²) in [5, 5.41) is 0. The van der Waals surface area contributed by atoms with Crippen molar-refractivity contribution >= 4 is 14.5 Å². The van der Waals surface area contributed by atoms with Crippen molar-refractivity contribution in [2.45, 2.75) is 0 Å². The molecule has 0 aromatic carbocycles. The molecule has 0 saturated heterocycles. The smallest absolute Gasteiger partial charge is 1.00 e. The summed E-state index contributed by atoms with van der Waals surface area (Å²) in [6.07, 6.45) is 0. The average Bonchev–Trinajstić information content (AvgIpc) is 1.68. The fourth-order valence-corrected chi connectivity index (χ4v) is 0. The van der Waals surface area contributed by atoms with Gasteiger partial charge in [-0.3, -0.25) is 0 Å². The van der Waals surface area contributed by atoms with Gasteiger partial charge in [0.15, 0.2) is 0 Å². The summed E-state index contributed by atoms with van der Waals surface area (Å²) < 4.78 is 36.7. The van der Waals surface area contributed by atoms with Gasteiger partial charge in [-0.2, -0.15) is 0 Å². The van der Waals surface area contributed by atoms with Gasteiger partial charge in [0.1, 0.15) is 0 Å². The summed E-state index contributed by atoms with van der Waals surface area (Å²) >= 11 is -5.11. The molecule has 0 rings (SSSR count).